The molecule has 3 aliphatic rings. The first-order chi connectivity index (χ1) is 8.31. The highest BCUT2D eigenvalue weighted by Gasteiger charge is 2.30. The number of piperazine rings is 1. The van der Waals surface area contributed by atoms with Crippen LogP contribution in [-0.4, -0.2) is 73.6 Å². The molecule has 0 aliphatic carbocycles. The molecule has 0 spiro atoms. The zero-order chi connectivity index (χ0) is 11.7. The summed E-state index contributed by atoms with van der Waals surface area (Å²) in [7, 11) is 2.26. The highest BCUT2D eigenvalue weighted by Crippen LogP contribution is 2.23. The molecule has 0 aromatic heterocycles. The van der Waals surface area contributed by atoms with Crippen LogP contribution in [0.1, 0.15) is 25.7 Å². The second-order valence-corrected chi connectivity index (χ2v) is 6.36. The molecule has 3 saturated heterocycles. The normalized spacial score (nSPS) is 37.2. The molecule has 2 unspecified atom stereocenters. The van der Waals surface area contributed by atoms with Crippen LogP contribution in [-0.2, 0) is 0 Å². The molecule has 3 aliphatic heterocycles. The topological polar surface area (TPSA) is 9.72 Å². The number of hydrogen-bond donors (Lipinski definition) is 0. The Hall–Kier alpha value is -0.120. The summed E-state index contributed by atoms with van der Waals surface area (Å²) >= 11 is 0. The second-order valence-electron chi connectivity index (χ2n) is 6.36. The van der Waals surface area contributed by atoms with Crippen LogP contribution in [0, 0.1) is 5.92 Å². The third-order valence-corrected chi connectivity index (χ3v) is 4.93. The summed E-state index contributed by atoms with van der Waals surface area (Å²) in [5.74, 6) is 0.940. The maximum atomic E-state index is 2.75. The van der Waals surface area contributed by atoms with Gasteiger partial charge in [0.25, 0.3) is 0 Å². The fourth-order valence-corrected chi connectivity index (χ4v) is 3.93. The summed E-state index contributed by atoms with van der Waals surface area (Å²) in [6.45, 7) is 9.35. The SMILES string of the molecule is CN1CCC(CN2CCN3CCCCC3C2)C1. The van der Waals surface area contributed by atoms with E-state index in [2.05, 4.69) is 21.7 Å². The lowest BCUT2D eigenvalue weighted by Crippen LogP contribution is -2.55. The van der Waals surface area contributed by atoms with Crippen molar-refractivity contribution < 1.29 is 0 Å². The van der Waals surface area contributed by atoms with Crippen LogP contribution in [0.15, 0.2) is 0 Å². The molecule has 0 N–H and O–H groups in total. The number of likely N-dealkylation sites (tertiary alicyclic amines) is 1. The number of piperidine rings is 1. The fraction of sp³-hybridized carbons (Fsp3) is 1.00. The van der Waals surface area contributed by atoms with Crippen molar-refractivity contribution in [3.05, 3.63) is 0 Å². The first kappa shape index (κ1) is 11.9. The standard InChI is InChI=1S/C14H27N3/c1-15-7-5-13(10-15)11-16-8-9-17-6-3-2-4-14(17)12-16/h13-14H,2-12H2,1H3. The smallest absolute Gasteiger partial charge is 0.0223 e. The third-order valence-electron chi connectivity index (χ3n) is 4.93. The van der Waals surface area contributed by atoms with E-state index in [0.717, 1.165) is 12.0 Å². The third kappa shape index (κ3) is 2.83. The van der Waals surface area contributed by atoms with Gasteiger partial charge in [-0.05, 0) is 45.3 Å². The molecular weight excluding hydrogens is 210 g/mol. The van der Waals surface area contributed by atoms with Gasteiger partial charge in [-0.1, -0.05) is 6.42 Å². The quantitative estimate of drug-likeness (QED) is 0.712. The van der Waals surface area contributed by atoms with Crippen LogP contribution in [0.3, 0.4) is 0 Å². The Kier molecular flexibility index (Phi) is 3.69. The summed E-state index contributed by atoms with van der Waals surface area (Å²) in [5.41, 5.74) is 0. The molecule has 0 aromatic rings. The van der Waals surface area contributed by atoms with Crippen LogP contribution < -0.4 is 0 Å². The summed E-state index contributed by atoms with van der Waals surface area (Å²) in [6, 6.07) is 0.886. The maximum Gasteiger partial charge on any atom is 0.0223 e. The van der Waals surface area contributed by atoms with Gasteiger partial charge in [-0.25, -0.2) is 0 Å². The Morgan fingerprint density at radius 2 is 1.88 bits per heavy atom. The number of nitrogens with zero attached hydrogens (tertiary/aromatic N) is 3. The fourth-order valence-electron chi connectivity index (χ4n) is 3.93. The Morgan fingerprint density at radius 3 is 2.71 bits per heavy atom. The maximum absolute atomic E-state index is 2.75. The molecule has 2 atom stereocenters. The van der Waals surface area contributed by atoms with Crippen LogP contribution >= 0.6 is 0 Å². The van der Waals surface area contributed by atoms with Gasteiger partial charge in [0.1, 0.15) is 0 Å². The first-order valence-electron chi connectivity index (χ1n) is 7.46. The molecule has 3 heteroatoms. The predicted molar refractivity (Wildman–Crippen MR) is 71.3 cm³/mol. The van der Waals surface area contributed by atoms with E-state index < -0.39 is 0 Å². The van der Waals surface area contributed by atoms with Gasteiger partial charge in [0, 0.05) is 38.8 Å². The van der Waals surface area contributed by atoms with Crippen molar-refractivity contribution in [2.45, 2.75) is 31.7 Å². The monoisotopic (exact) mass is 237 g/mol. The van der Waals surface area contributed by atoms with Crippen LogP contribution in [0.5, 0.6) is 0 Å². The second kappa shape index (κ2) is 5.25. The minimum atomic E-state index is 0.886. The van der Waals surface area contributed by atoms with Crippen molar-refractivity contribution >= 4 is 0 Å². The van der Waals surface area contributed by atoms with E-state index in [4.69, 9.17) is 0 Å². The molecule has 0 amide bonds. The van der Waals surface area contributed by atoms with Crippen LogP contribution in [0.4, 0.5) is 0 Å². The lowest BCUT2D eigenvalue weighted by atomic mass is 9.98. The van der Waals surface area contributed by atoms with E-state index in [9.17, 15) is 0 Å². The Labute approximate surface area is 106 Å². The van der Waals surface area contributed by atoms with Crippen molar-refractivity contribution in [1.29, 1.82) is 0 Å². The summed E-state index contributed by atoms with van der Waals surface area (Å²) in [5, 5.41) is 0. The van der Waals surface area contributed by atoms with Crippen molar-refractivity contribution in [3.8, 4) is 0 Å². The molecule has 17 heavy (non-hydrogen) atoms. The van der Waals surface area contributed by atoms with E-state index in [1.54, 1.807) is 0 Å². The van der Waals surface area contributed by atoms with Gasteiger partial charge in [-0.15, -0.1) is 0 Å². The van der Waals surface area contributed by atoms with Crippen LogP contribution in [0.25, 0.3) is 0 Å². The average Bonchev–Trinajstić information content (AvgIpc) is 2.75. The van der Waals surface area contributed by atoms with E-state index in [1.807, 2.05) is 0 Å². The first-order valence-corrected chi connectivity index (χ1v) is 7.46. The van der Waals surface area contributed by atoms with Gasteiger partial charge >= 0.3 is 0 Å². The molecule has 0 bridgehead atoms. The van der Waals surface area contributed by atoms with Gasteiger partial charge < -0.3 is 9.80 Å². The minimum absolute atomic E-state index is 0.886. The highest BCUT2D eigenvalue weighted by atomic mass is 15.3. The van der Waals surface area contributed by atoms with Gasteiger partial charge in [0.2, 0.25) is 0 Å². The molecule has 0 saturated carbocycles. The van der Waals surface area contributed by atoms with Gasteiger partial charge in [0.05, 0.1) is 0 Å². The van der Waals surface area contributed by atoms with E-state index in [-0.39, 0.29) is 0 Å². The number of hydrogen-bond acceptors (Lipinski definition) is 3. The van der Waals surface area contributed by atoms with Crippen molar-refractivity contribution in [2.75, 3.05) is 52.9 Å². The van der Waals surface area contributed by atoms with E-state index in [1.165, 1.54) is 71.5 Å². The molecule has 3 heterocycles. The summed E-state index contributed by atoms with van der Waals surface area (Å²) in [4.78, 5) is 7.97. The number of rotatable bonds is 2. The zero-order valence-corrected chi connectivity index (χ0v) is 11.3. The highest BCUT2D eigenvalue weighted by molar-refractivity contribution is 4.87. The number of fused-ring (bicyclic) bond motifs is 1. The van der Waals surface area contributed by atoms with Gasteiger partial charge in [-0.2, -0.15) is 0 Å². The van der Waals surface area contributed by atoms with Crippen molar-refractivity contribution in [3.63, 3.8) is 0 Å². The van der Waals surface area contributed by atoms with E-state index >= 15 is 0 Å². The molecule has 0 aromatic carbocycles. The van der Waals surface area contributed by atoms with Crippen molar-refractivity contribution in [2.24, 2.45) is 5.92 Å². The van der Waals surface area contributed by atoms with E-state index in [0.29, 0.717) is 0 Å². The lowest BCUT2D eigenvalue weighted by molar-refractivity contribution is 0.0425. The summed E-state index contributed by atoms with van der Waals surface area (Å²) in [6.07, 6.45) is 5.76. The molecule has 0 radical (unpaired) electrons. The lowest BCUT2D eigenvalue weighted by Gasteiger charge is -2.44. The van der Waals surface area contributed by atoms with Crippen LogP contribution in [0.2, 0.25) is 0 Å². The Balaban J connectivity index is 1.48. The minimum Gasteiger partial charge on any atom is -0.306 e. The molecule has 98 valence electrons. The average molecular weight is 237 g/mol. The molecule has 3 nitrogen and oxygen atoms in total. The Bertz CT molecular complexity index is 254. The summed E-state index contributed by atoms with van der Waals surface area (Å²) < 4.78 is 0. The Morgan fingerprint density at radius 1 is 0.941 bits per heavy atom. The van der Waals surface area contributed by atoms with Gasteiger partial charge in [-0.3, -0.25) is 4.90 Å². The molecule has 3 rings (SSSR count). The van der Waals surface area contributed by atoms with Gasteiger partial charge in [0.15, 0.2) is 0 Å². The predicted octanol–water partition coefficient (Wildman–Crippen LogP) is 1.11. The van der Waals surface area contributed by atoms with Crippen molar-refractivity contribution in [1.82, 2.24) is 14.7 Å². The molecular formula is C14H27N3. The zero-order valence-electron chi connectivity index (χ0n) is 11.3. The largest absolute Gasteiger partial charge is 0.306 e. The molecule has 3 fully saturated rings.